The lowest BCUT2D eigenvalue weighted by molar-refractivity contribution is 0.431. The van der Waals surface area contributed by atoms with E-state index in [0.29, 0.717) is 15.9 Å². The second-order valence-corrected chi connectivity index (χ2v) is 4.78. The van der Waals surface area contributed by atoms with E-state index in [1.807, 2.05) is 26.0 Å². The van der Waals surface area contributed by atoms with E-state index in [1.54, 1.807) is 6.07 Å². The minimum absolute atomic E-state index is 0.546. The average molecular weight is 255 g/mol. The minimum atomic E-state index is 0.546. The zero-order valence-corrected chi connectivity index (χ0v) is 10.5. The summed E-state index contributed by atoms with van der Waals surface area (Å²) in [6.07, 6.45) is 0. The van der Waals surface area contributed by atoms with Gasteiger partial charge in [0.15, 0.2) is 0 Å². The number of nitrogens with zero attached hydrogens (tertiary/aromatic N) is 1. The molecule has 0 bridgehead atoms. The molecule has 0 amide bonds. The van der Waals surface area contributed by atoms with Gasteiger partial charge < -0.3 is 10.2 Å². The Morgan fingerprint density at radius 2 is 2.12 bits per heavy atom. The number of aryl methyl sites for hydroxylation is 2. The Bertz CT molecular complexity index is 505. The maximum absolute atomic E-state index is 5.93. The molecule has 1 aromatic heterocycles. The number of oxazole rings is 1. The lowest BCUT2D eigenvalue weighted by atomic mass is 10.3. The van der Waals surface area contributed by atoms with Crippen LogP contribution >= 0.6 is 23.4 Å². The highest BCUT2D eigenvalue weighted by Gasteiger charge is 2.10. The van der Waals surface area contributed by atoms with E-state index in [1.165, 1.54) is 11.8 Å². The number of halogens is 1. The molecule has 16 heavy (non-hydrogen) atoms. The first-order valence-electron chi connectivity index (χ1n) is 4.74. The van der Waals surface area contributed by atoms with Crippen LogP contribution in [-0.4, -0.2) is 4.98 Å². The Labute approximate surface area is 103 Å². The molecule has 0 spiro atoms. The number of anilines is 1. The monoisotopic (exact) mass is 254 g/mol. The number of para-hydroxylation sites is 1. The molecule has 3 nitrogen and oxygen atoms in total. The Balaban J connectivity index is 2.30. The van der Waals surface area contributed by atoms with Gasteiger partial charge in [0.1, 0.15) is 5.76 Å². The molecule has 1 aromatic carbocycles. The zero-order valence-electron chi connectivity index (χ0n) is 8.95. The second-order valence-electron chi connectivity index (χ2n) is 3.38. The molecule has 0 aliphatic carbocycles. The summed E-state index contributed by atoms with van der Waals surface area (Å²) in [6, 6.07) is 5.50. The molecule has 0 fully saturated rings. The summed E-state index contributed by atoms with van der Waals surface area (Å²) in [4.78, 5) is 5.13. The van der Waals surface area contributed by atoms with Crippen LogP contribution in [0.1, 0.15) is 11.5 Å². The van der Waals surface area contributed by atoms with Crippen molar-refractivity contribution >= 4 is 29.1 Å². The van der Waals surface area contributed by atoms with Crippen LogP contribution in [0, 0.1) is 13.8 Å². The smallest absolute Gasteiger partial charge is 0.261 e. The van der Waals surface area contributed by atoms with Crippen molar-refractivity contribution in [2.45, 2.75) is 24.0 Å². The maximum atomic E-state index is 5.93. The SMILES string of the molecule is Cc1nc(Sc2cccc(Cl)c2N)oc1C. The average Bonchev–Trinajstić information content (AvgIpc) is 2.54. The van der Waals surface area contributed by atoms with Gasteiger partial charge in [0.25, 0.3) is 5.22 Å². The van der Waals surface area contributed by atoms with Gasteiger partial charge in [-0.05, 0) is 37.7 Å². The Morgan fingerprint density at radius 3 is 2.75 bits per heavy atom. The van der Waals surface area contributed by atoms with Crippen LogP contribution in [0.4, 0.5) is 5.69 Å². The number of nitrogens with two attached hydrogens (primary N) is 1. The van der Waals surface area contributed by atoms with E-state index in [0.717, 1.165) is 16.3 Å². The third-order valence-electron chi connectivity index (χ3n) is 2.22. The molecule has 2 N–H and O–H groups in total. The summed E-state index contributed by atoms with van der Waals surface area (Å²) in [5, 5.41) is 1.13. The van der Waals surface area contributed by atoms with Crippen molar-refractivity contribution < 1.29 is 4.42 Å². The van der Waals surface area contributed by atoms with Crippen LogP contribution in [-0.2, 0) is 0 Å². The van der Waals surface area contributed by atoms with E-state index < -0.39 is 0 Å². The van der Waals surface area contributed by atoms with Crippen molar-refractivity contribution in [3.8, 4) is 0 Å². The molecule has 2 aromatic rings. The molecule has 0 unspecified atom stereocenters. The molecule has 84 valence electrons. The van der Waals surface area contributed by atoms with Crippen molar-refractivity contribution in [3.63, 3.8) is 0 Å². The quantitative estimate of drug-likeness (QED) is 0.831. The van der Waals surface area contributed by atoms with E-state index in [9.17, 15) is 0 Å². The van der Waals surface area contributed by atoms with Gasteiger partial charge in [-0.2, -0.15) is 0 Å². The molecule has 5 heteroatoms. The fourth-order valence-corrected chi connectivity index (χ4v) is 2.32. The van der Waals surface area contributed by atoms with E-state index >= 15 is 0 Å². The lowest BCUT2D eigenvalue weighted by Gasteiger charge is -2.03. The number of hydrogen-bond donors (Lipinski definition) is 1. The number of aromatic nitrogens is 1. The van der Waals surface area contributed by atoms with Gasteiger partial charge in [-0.3, -0.25) is 0 Å². The number of rotatable bonds is 2. The summed E-state index contributed by atoms with van der Waals surface area (Å²) in [5.74, 6) is 0.822. The van der Waals surface area contributed by atoms with Crippen molar-refractivity contribution in [2.24, 2.45) is 0 Å². The Kier molecular flexibility index (Phi) is 3.12. The van der Waals surface area contributed by atoms with Gasteiger partial charge in [0.2, 0.25) is 0 Å². The van der Waals surface area contributed by atoms with Gasteiger partial charge in [0, 0.05) is 4.90 Å². The summed E-state index contributed by atoms with van der Waals surface area (Å²) < 4.78 is 5.47. The van der Waals surface area contributed by atoms with E-state index in [-0.39, 0.29) is 0 Å². The van der Waals surface area contributed by atoms with Gasteiger partial charge in [-0.1, -0.05) is 17.7 Å². The molecular formula is C11H11ClN2OS. The predicted octanol–water partition coefficient (Wildman–Crippen LogP) is 3.68. The molecule has 0 saturated heterocycles. The highest BCUT2D eigenvalue weighted by Crippen LogP contribution is 2.35. The molecule has 0 saturated carbocycles. The lowest BCUT2D eigenvalue weighted by Crippen LogP contribution is -1.89. The molecule has 0 aliphatic heterocycles. The van der Waals surface area contributed by atoms with E-state index in [2.05, 4.69) is 4.98 Å². The standard InChI is InChI=1S/C11H11ClN2OS/c1-6-7(2)15-11(14-6)16-9-5-3-4-8(12)10(9)13/h3-5H,13H2,1-2H3. The van der Waals surface area contributed by atoms with Crippen LogP contribution < -0.4 is 5.73 Å². The molecular weight excluding hydrogens is 244 g/mol. The molecule has 2 rings (SSSR count). The first-order valence-corrected chi connectivity index (χ1v) is 5.93. The number of benzene rings is 1. The topological polar surface area (TPSA) is 52.0 Å². The fraction of sp³-hybridized carbons (Fsp3) is 0.182. The predicted molar refractivity (Wildman–Crippen MR) is 66.0 cm³/mol. The van der Waals surface area contributed by atoms with Gasteiger partial charge >= 0.3 is 0 Å². The van der Waals surface area contributed by atoms with Crippen LogP contribution in [0.2, 0.25) is 5.02 Å². The third kappa shape index (κ3) is 2.18. The van der Waals surface area contributed by atoms with Crippen LogP contribution in [0.25, 0.3) is 0 Å². The Morgan fingerprint density at radius 1 is 1.38 bits per heavy atom. The summed E-state index contributed by atoms with van der Waals surface area (Å²) >= 11 is 7.30. The zero-order chi connectivity index (χ0) is 11.7. The highest BCUT2D eigenvalue weighted by atomic mass is 35.5. The second kappa shape index (κ2) is 4.39. The largest absolute Gasteiger partial charge is 0.436 e. The fourth-order valence-electron chi connectivity index (χ4n) is 1.19. The summed E-state index contributed by atoms with van der Waals surface area (Å²) in [7, 11) is 0. The van der Waals surface area contributed by atoms with Crippen LogP contribution in [0.15, 0.2) is 32.7 Å². The van der Waals surface area contributed by atoms with Gasteiger partial charge in [-0.15, -0.1) is 0 Å². The minimum Gasteiger partial charge on any atom is -0.436 e. The van der Waals surface area contributed by atoms with Crippen molar-refractivity contribution in [3.05, 3.63) is 34.7 Å². The normalized spacial score (nSPS) is 10.7. The summed E-state index contributed by atoms with van der Waals surface area (Å²) in [6.45, 7) is 3.79. The molecule has 1 heterocycles. The van der Waals surface area contributed by atoms with Gasteiger partial charge in [-0.25, -0.2) is 4.98 Å². The van der Waals surface area contributed by atoms with Crippen molar-refractivity contribution in [2.75, 3.05) is 5.73 Å². The van der Waals surface area contributed by atoms with Gasteiger partial charge in [0.05, 0.1) is 16.4 Å². The first-order chi connectivity index (χ1) is 7.58. The number of hydrogen-bond acceptors (Lipinski definition) is 4. The first kappa shape index (κ1) is 11.4. The molecule has 0 radical (unpaired) electrons. The van der Waals surface area contributed by atoms with Crippen LogP contribution in [0.3, 0.4) is 0 Å². The Hall–Kier alpha value is -1.13. The van der Waals surface area contributed by atoms with Crippen LogP contribution in [0.5, 0.6) is 0 Å². The molecule has 0 aliphatic rings. The van der Waals surface area contributed by atoms with Crippen molar-refractivity contribution in [1.82, 2.24) is 4.98 Å². The third-order valence-corrected chi connectivity index (χ3v) is 3.47. The summed E-state index contributed by atoms with van der Waals surface area (Å²) in [5.41, 5.74) is 7.30. The maximum Gasteiger partial charge on any atom is 0.261 e. The molecule has 0 atom stereocenters. The van der Waals surface area contributed by atoms with E-state index in [4.69, 9.17) is 21.8 Å². The number of nitrogen functional groups attached to an aromatic ring is 1. The highest BCUT2D eigenvalue weighted by molar-refractivity contribution is 7.99. The van der Waals surface area contributed by atoms with Crippen molar-refractivity contribution in [1.29, 1.82) is 0 Å².